The highest BCUT2D eigenvalue weighted by atomic mass is 35.5. The molecule has 126 valence electrons. The van der Waals surface area contributed by atoms with Gasteiger partial charge < -0.3 is 10.1 Å². The molecule has 0 saturated heterocycles. The Hall–Kier alpha value is -2.04. The third kappa shape index (κ3) is 5.87. The highest BCUT2D eigenvalue weighted by Crippen LogP contribution is 2.22. The minimum atomic E-state index is -0.911. The number of carbonyl (C=O) groups excluding carboxylic acids is 2. The zero-order valence-electron chi connectivity index (χ0n) is 13.1. The maximum Gasteiger partial charge on any atom is 0.306 e. The third-order valence-corrected chi connectivity index (χ3v) is 3.70. The molecule has 0 fully saturated rings. The second-order valence-electron chi connectivity index (χ2n) is 5.27. The molecule has 1 N–H and O–H groups in total. The van der Waals surface area contributed by atoms with Gasteiger partial charge in [-0.15, -0.1) is 0 Å². The van der Waals surface area contributed by atoms with Crippen LogP contribution in [0.1, 0.15) is 18.9 Å². The maximum atomic E-state index is 12.1. The van der Waals surface area contributed by atoms with Crippen LogP contribution in [0.5, 0.6) is 0 Å². The Labute approximate surface area is 150 Å². The Kier molecular flexibility index (Phi) is 6.64. The molecule has 2 rings (SSSR count). The van der Waals surface area contributed by atoms with Crippen LogP contribution < -0.4 is 5.32 Å². The first kappa shape index (κ1) is 18.3. The largest absolute Gasteiger partial charge is 0.453 e. The molecule has 0 heterocycles. The van der Waals surface area contributed by atoms with Crippen molar-refractivity contribution in [2.45, 2.75) is 25.9 Å². The first-order valence-corrected chi connectivity index (χ1v) is 8.20. The molecule has 0 radical (unpaired) electrons. The Morgan fingerprint density at radius 1 is 1.08 bits per heavy atom. The van der Waals surface area contributed by atoms with E-state index in [1.54, 1.807) is 18.2 Å². The fourth-order valence-corrected chi connectivity index (χ4v) is 2.60. The summed E-state index contributed by atoms with van der Waals surface area (Å²) in [4.78, 5) is 23.9. The van der Waals surface area contributed by atoms with E-state index < -0.39 is 18.0 Å². The predicted octanol–water partition coefficient (Wildman–Crippen LogP) is 4.50. The van der Waals surface area contributed by atoms with Crippen LogP contribution in [0.15, 0.2) is 48.5 Å². The van der Waals surface area contributed by atoms with Crippen LogP contribution in [-0.4, -0.2) is 18.0 Å². The van der Waals surface area contributed by atoms with Gasteiger partial charge in [0.15, 0.2) is 6.10 Å². The lowest BCUT2D eigenvalue weighted by molar-refractivity contribution is -0.153. The highest BCUT2D eigenvalue weighted by molar-refractivity contribution is 6.35. The number of aryl methyl sites for hydroxylation is 1. The molecule has 6 heteroatoms. The quantitative estimate of drug-likeness (QED) is 0.766. The summed E-state index contributed by atoms with van der Waals surface area (Å²) in [6.07, 6.45) is -0.131. The minimum Gasteiger partial charge on any atom is -0.453 e. The maximum absolute atomic E-state index is 12.1. The van der Waals surface area contributed by atoms with E-state index in [-0.39, 0.29) is 6.42 Å². The zero-order valence-corrected chi connectivity index (χ0v) is 14.6. The molecule has 0 aliphatic carbocycles. The minimum absolute atomic E-state index is 0.213. The van der Waals surface area contributed by atoms with Crippen LogP contribution in [0.2, 0.25) is 10.0 Å². The first-order chi connectivity index (χ1) is 11.4. The molecule has 0 aromatic heterocycles. The average Bonchev–Trinajstić information content (AvgIpc) is 2.53. The summed E-state index contributed by atoms with van der Waals surface area (Å²) in [5, 5.41) is 3.43. The molecule has 2 aromatic carbocycles. The summed E-state index contributed by atoms with van der Waals surface area (Å²) in [7, 11) is 0. The average molecular weight is 366 g/mol. The SMILES string of the molecule is C[C@@H](OC(=O)CCc1ccccc1)C(=O)Nc1cc(Cl)cc(Cl)c1. The number of halogens is 2. The standard InChI is InChI=1S/C18H17Cl2NO3/c1-12(18(23)21-16-10-14(19)9-15(20)11-16)24-17(22)8-7-13-5-3-2-4-6-13/h2-6,9-12H,7-8H2,1H3,(H,21,23)/t12-/m1/s1. The number of nitrogens with one attached hydrogen (secondary N) is 1. The number of benzene rings is 2. The second kappa shape index (κ2) is 8.71. The monoisotopic (exact) mass is 365 g/mol. The van der Waals surface area contributed by atoms with Crippen molar-refractivity contribution in [1.29, 1.82) is 0 Å². The van der Waals surface area contributed by atoms with Crippen molar-refractivity contribution in [1.82, 2.24) is 0 Å². The van der Waals surface area contributed by atoms with E-state index in [2.05, 4.69) is 5.32 Å². The number of amides is 1. The van der Waals surface area contributed by atoms with Gasteiger partial charge in [0.25, 0.3) is 5.91 Å². The number of esters is 1. The highest BCUT2D eigenvalue weighted by Gasteiger charge is 2.18. The fraction of sp³-hybridized carbons (Fsp3) is 0.222. The molecule has 24 heavy (non-hydrogen) atoms. The van der Waals surface area contributed by atoms with Gasteiger partial charge >= 0.3 is 5.97 Å². The van der Waals surface area contributed by atoms with Crippen LogP contribution in [0, 0.1) is 0 Å². The van der Waals surface area contributed by atoms with E-state index in [9.17, 15) is 9.59 Å². The van der Waals surface area contributed by atoms with Crippen molar-refractivity contribution < 1.29 is 14.3 Å². The lowest BCUT2D eigenvalue weighted by Gasteiger charge is -2.14. The molecular weight excluding hydrogens is 349 g/mol. The second-order valence-corrected chi connectivity index (χ2v) is 6.14. The summed E-state index contributed by atoms with van der Waals surface area (Å²) in [6.45, 7) is 1.52. The molecule has 0 saturated carbocycles. The van der Waals surface area contributed by atoms with Crippen LogP contribution in [0.3, 0.4) is 0 Å². The van der Waals surface area contributed by atoms with Crippen LogP contribution in [0.25, 0.3) is 0 Å². The van der Waals surface area contributed by atoms with Crippen molar-refractivity contribution in [2.24, 2.45) is 0 Å². The number of ether oxygens (including phenoxy) is 1. The van der Waals surface area contributed by atoms with Crippen molar-refractivity contribution >= 4 is 40.8 Å². The Morgan fingerprint density at radius 3 is 2.33 bits per heavy atom. The van der Waals surface area contributed by atoms with Crippen molar-refractivity contribution in [3.63, 3.8) is 0 Å². The summed E-state index contributed by atoms with van der Waals surface area (Å²) in [5.41, 5.74) is 1.49. The number of hydrogen-bond donors (Lipinski definition) is 1. The molecule has 0 aliphatic heterocycles. The van der Waals surface area contributed by atoms with Gasteiger partial charge in [-0.3, -0.25) is 9.59 Å². The van der Waals surface area contributed by atoms with Gasteiger partial charge in [-0.25, -0.2) is 0 Å². The van der Waals surface area contributed by atoms with E-state index in [1.165, 1.54) is 6.92 Å². The zero-order chi connectivity index (χ0) is 17.5. The molecule has 1 amide bonds. The van der Waals surface area contributed by atoms with Crippen molar-refractivity contribution in [3.05, 3.63) is 64.1 Å². The lowest BCUT2D eigenvalue weighted by Crippen LogP contribution is -2.30. The molecule has 4 nitrogen and oxygen atoms in total. The van der Waals surface area contributed by atoms with Crippen LogP contribution in [-0.2, 0) is 20.7 Å². The van der Waals surface area contributed by atoms with E-state index in [0.717, 1.165) is 5.56 Å². The molecule has 1 atom stereocenters. The van der Waals surface area contributed by atoms with Gasteiger partial charge in [0.1, 0.15) is 0 Å². The first-order valence-electron chi connectivity index (χ1n) is 7.44. The smallest absolute Gasteiger partial charge is 0.306 e. The molecule has 0 aliphatic rings. The molecule has 0 bridgehead atoms. The van der Waals surface area contributed by atoms with Gasteiger partial charge in [-0.1, -0.05) is 53.5 Å². The summed E-state index contributed by atoms with van der Waals surface area (Å²) in [6, 6.07) is 14.3. The van der Waals surface area contributed by atoms with Gasteiger partial charge in [0.2, 0.25) is 0 Å². The Morgan fingerprint density at radius 2 is 1.71 bits per heavy atom. The number of anilines is 1. The van der Waals surface area contributed by atoms with Crippen LogP contribution >= 0.6 is 23.2 Å². The number of carbonyl (C=O) groups is 2. The lowest BCUT2D eigenvalue weighted by atomic mass is 10.1. The van der Waals surface area contributed by atoms with Gasteiger partial charge in [0, 0.05) is 22.2 Å². The van der Waals surface area contributed by atoms with E-state index in [0.29, 0.717) is 22.2 Å². The predicted molar refractivity (Wildman–Crippen MR) is 95.4 cm³/mol. The van der Waals surface area contributed by atoms with E-state index >= 15 is 0 Å². The van der Waals surface area contributed by atoms with Crippen molar-refractivity contribution in [2.75, 3.05) is 5.32 Å². The van der Waals surface area contributed by atoms with E-state index in [1.807, 2.05) is 30.3 Å². The van der Waals surface area contributed by atoms with Gasteiger partial charge in [0.05, 0.1) is 0 Å². The van der Waals surface area contributed by atoms with Gasteiger partial charge in [-0.2, -0.15) is 0 Å². The van der Waals surface area contributed by atoms with Crippen LogP contribution in [0.4, 0.5) is 5.69 Å². The summed E-state index contributed by atoms with van der Waals surface area (Å²) >= 11 is 11.8. The normalized spacial score (nSPS) is 11.6. The molecular formula is C18H17Cl2NO3. The number of hydrogen-bond acceptors (Lipinski definition) is 3. The fourth-order valence-electron chi connectivity index (χ4n) is 2.07. The summed E-state index contributed by atoms with van der Waals surface area (Å²) in [5.74, 6) is -0.868. The third-order valence-electron chi connectivity index (χ3n) is 3.27. The molecule has 0 unspecified atom stereocenters. The van der Waals surface area contributed by atoms with Gasteiger partial charge in [-0.05, 0) is 37.1 Å². The number of rotatable bonds is 6. The summed E-state index contributed by atoms with van der Waals surface area (Å²) < 4.78 is 5.15. The molecule has 0 spiro atoms. The van der Waals surface area contributed by atoms with E-state index in [4.69, 9.17) is 27.9 Å². The van der Waals surface area contributed by atoms with Crippen molar-refractivity contribution in [3.8, 4) is 0 Å². The topological polar surface area (TPSA) is 55.4 Å². The Balaban J connectivity index is 1.83. The molecule has 2 aromatic rings. The Bertz CT molecular complexity index is 699.